The third kappa shape index (κ3) is 6.89. The zero-order valence-corrected chi connectivity index (χ0v) is 15.8. The molecule has 0 bridgehead atoms. The normalized spacial score (nSPS) is 12.3. The molecule has 1 rings (SSSR count). The number of hydrogen-bond acceptors (Lipinski definition) is 3. The van der Waals surface area contributed by atoms with Crippen molar-refractivity contribution in [2.45, 2.75) is 59.9 Å². The summed E-state index contributed by atoms with van der Waals surface area (Å²) in [4.78, 5) is 7.10. The Labute approximate surface area is 147 Å². The van der Waals surface area contributed by atoms with Gasteiger partial charge in [-0.05, 0) is 45.7 Å². The van der Waals surface area contributed by atoms with Crippen molar-refractivity contribution in [3.05, 3.63) is 35.4 Å². The van der Waals surface area contributed by atoms with Gasteiger partial charge in [-0.25, -0.2) is 4.99 Å². The smallest absolute Gasteiger partial charge is 0.191 e. The minimum absolute atomic E-state index is 0.0490. The van der Waals surface area contributed by atoms with E-state index in [4.69, 9.17) is 0 Å². The van der Waals surface area contributed by atoms with Crippen molar-refractivity contribution in [1.29, 1.82) is 0 Å². The van der Waals surface area contributed by atoms with Crippen LogP contribution in [-0.4, -0.2) is 47.7 Å². The average Bonchev–Trinajstić information content (AvgIpc) is 2.55. The van der Waals surface area contributed by atoms with Gasteiger partial charge < -0.3 is 15.7 Å². The molecule has 0 aliphatic heterocycles. The predicted octanol–water partition coefficient (Wildman–Crippen LogP) is 2.35. The zero-order valence-electron chi connectivity index (χ0n) is 15.8. The molecule has 0 saturated carbocycles. The Morgan fingerprint density at radius 3 is 2.25 bits per heavy atom. The number of nitrogens with zero attached hydrogens (tertiary/aromatic N) is 2. The van der Waals surface area contributed by atoms with Gasteiger partial charge in [0.1, 0.15) is 0 Å². The number of aliphatic hydroxyl groups is 1. The summed E-state index contributed by atoms with van der Waals surface area (Å²) in [5.74, 6) is 0.817. The second-order valence-electron chi connectivity index (χ2n) is 6.47. The van der Waals surface area contributed by atoms with Crippen LogP contribution in [-0.2, 0) is 13.2 Å². The van der Waals surface area contributed by atoms with Crippen molar-refractivity contribution in [2.75, 3.05) is 19.6 Å². The second kappa shape index (κ2) is 11.0. The van der Waals surface area contributed by atoms with Crippen molar-refractivity contribution in [2.24, 2.45) is 4.99 Å². The van der Waals surface area contributed by atoms with Gasteiger partial charge in [-0.15, -0.1) is 0 Å². The van der Waals surface area contributed by atoms with Gasteiger partial charge in [0, 0.05) is 31.7 Å². The maximum Gasteiger partial charge on any atom is 0.191 e. The number of aliphatic imine (C=N–C) groups is 1. The molecule has 0 unspecified atom stereocenters. The van der Waals surface area contributed by atoms with Crippen LogP contribution in [0.3, 0.4) is 0 Å². The van der Waals surface area contributed by atoms with Gasteiger partial charge in [-0.3, -0.25) is 4.90 Å². The standard InChI is InChI=1S/C19H34N4O/c1-6-20-19(21-11-12-23(15(2)3)16(4)5)22-13-17-9-7-8-10-18(17)14-24/h7-10,15-16,24H,6,11-14H2,1-5H3,(H2,20,21,22). The molecule has 0 aliphatic rings. The van der Waals surface area contributed by atoms with Gasteiger partial charge in [-0.1, -0.05) is 24.3 Å². The van der Waals surface area contributed by atoms with E-state index in [2.05, 4.69) is 55.1 Å². The molecule has 1 aromatic rings. The van der Waals surface area contributed by atoms with E-state index in [9.17, 15) is 5.11 Å². The summed E-state index contributed by atoms with van der Waals surface area (Å²) in [6.07, 6.45) is 0. The SMILES string of the molecule is CCNC(=NCc1ccccc1CO)NCCN(C(C)C)C(C)C. The third-order valence-electron chi connectivity index (χ3n) is 4.03. The number of nitrogens with one attached hydrogen (secondary N) is 2. The van der Waals surface area contributed by atoms with Crippen LogP contribution < -0.4 is 10.6 Å². The minimum Gasteiger partial charge on any atom is -0.392 e. The van der Waals surface area contributed by atoms with Crippen LogP contribution in [0.4, 0.5) is 0 Å². The minimum atomic E-state index is 0.0490. The van der Waals surface area contributed by atoms with Gasteiger partial charge in [0.15, 0.2) is 5.96 Å². The zero-order chi connectivity index (χ0) is 17.9. The topological polar surface area (TPSA) is 59.9 Å². The Morgan fingerprint density at radius 1 is 1.08 bits per heavy atom. The monoisotopic (exact) mass is 334 g/mol. The maximum absolute atomic E-state index is 9.41. The van der Waals surface area contributed by atoms with Gasteiger partial charge in [-0.2, -0.15) is 0 Å². The lowest BCUT2D eigenvalue weighted by atomic mass is 10.1. The molecule has 0 aliphatic carbocycles. The molecule has 0 atom stereocenters. The molecular formula is C19H34N4O. The molecule has 0 amide bonds. The summed E-state index contributed by atoms with van der Waals surface area (Å²) in [7, 11) is 0. The van der Waals surface area contributed by atoms with E-state index >= 15 is 0 Å². The third-order valence-corrected chi connectivity index (χ3v) is 4.03. The lowest BCUT2D eigenvalue weighted by molar-refractivity contribution is 0.178. The molecule has 5 nitrogen and oxygen atoms in total. The molecule has 0 spiro atoms. The number of benzene rings is 1. The Bertz CT molecular complexity index is 492. The lowest BCUT2D eigenvalue weighted by Crippen LogP contribution is -2.45. The molecule has 0 heterocycles. The summed E-state index contributed by atoms with van der Waals surface area (Å²) in [5.41, 5.74) is 1.99. The molecule has 0 aromatic heterocycles. The van der Waals surface area contributed by atoms with Gasteiger partial charge in [0.2, 0.25) is 0 Å². The van der Waals surface area contributed by atoms with E-state index in [-0.39, 0.29) is 6.61 Å². The largest absolute Gasteiger partial charge is 0.392 e. The van der Waals surface area contributed by atoms with Crippen molar-refractivity contribution in [3.63, 3.8) is 0 Å². The molecule has 5 heteroatoms. The maximum atomic E-state index is 9.41. The average molecular weight is 335 g/mol. The quantitative estimate of drug-likeness (QED) is 0.479. The van der Waals surface area contributed by atoms with Crippen molar-refractivity contribution >= 4 is 5.96 Å². The molecule has 0 saturated heterocycles. The van der Waals surface area contributed by atoms with E-state index in [0.29, 0.717) is 18.6 Å². The van der Waals surface area contributed by atoms with Crippen LogP contribution in [0.2, 0.25) is 0 Å². The van der Waals surface area contributed by atoms with Crippen LogP contribution in [0.25, 0.3) is 0 Å². The number of guanidine groups is 1. The van der Waals surface area contributed by atoms with Gasteiger partial charge in [0.25, 0.3) is 0 Å². The number of hydrogen-bond donors (Lipinski definition) is 3. The fraction of sp³-hybridized carbons (Fsp3) is 0.632. The fourth-order valence-corrected chi connectivity index (χ4v) is 2.79. The molecular weight excluding hydrogens is 300 g/mol. The first-order chi connectivity index (χ1) is 11.5. The van der Waals surface area contributed by atoms with E-state index < -0.39 is 0 Å². The van der Waals surface area contributed by atoms with Crippen LogP contribution in [0.15, 0.2) is 29.3 Å². The molecule has 3 N–H and O–H groups in total. The van der Waals surface area contributed by atoms with Gasteiger partial charge >= 0.3 is 0 Å². The van der Waals surface area contributed by atoms with Crippen molar-refractivity contribution in [3.8, 4) is 0 Å². The van der Waals surface area contributed by atoms with Crippen LogP contribution >= 0.6 is 0 Å². The highest BCUT2D eigenvalue weighted by Crippen LogP contribution is 2.09. The summed E-state index contributed by atoms with van der Waals surface area (Å²) >= 11 is 0. The second-order valence-corrected chi connectivity index (χ2v) is 6.47. The van der Waals surface area contributed by atoms with Crippen LogP contribution in [0.1, 0.15) is 45.7 Å². The molecule has 1 aromatic carbocycles. The summed E-state index contributed by atoms with van der Waals surface area (Å²) in [6.45, 7) is 14.2. The fourth-order valence-electron chi connectivity index (χ4n) is 2.79. The Balaban J connectivity index is 2.62. The summed E-state index contributed by atoms with van der Waals surface area (Å²) < 4.78 is 0. The van der Waals surface area contributed by atoms with Crippen LogP contribution in [0.5, 0.6) is 0 Å². The summed E-state index contributed by atoms with van der Waals surface area (Å²) in [6, 6.07) is 8.93. The molecule has 0 radical (unpaired) electrons. The number of aliphatic hydroxyl groups excluding tert-OH is 1. The highest BCUT2D eigenvalue weighted by Gasteiger charge is 2.12. The van der Waals surface area contributed by atoms with E-state index in [1.807, 2.05) is 24.3 Å². The molecule has 24 heavy (non-hydrogen) atoms. The Morgan fingerprint density at radius 2 is 1.71 bits per heavy atom. The lowest BCUT2D eigenvalue weighted by Gasteiger charge is -2.30. The van der Waals surface area contributed by atoms with E-state index in [0.717, 1.165) is 36.7 Å². The molecule has 136 valence electrons. The highest BCUT2D eigenvalue weighted by atomic mass is 16.3. The summed E-state index contributed by atoms with van der Waals surface area (Å²) in [5, 5.41) is 16.1. The van der Waals surface area contributed by atoms with Crippen molar-refractivity contribution < 1.29 is 5.11 Å². The van der Waals surface area contributed by atoms with E-state index in [1.165, 1.54) is 0 Å². The Hall–Kier alpha value is -1.59. The molecule has 0 fully saturated rings. The van der Waals surface area contributed by atoms with Gasteiger partial charge in [0.05, 0.1) is 13.2 Å². The Kier molecular flexibility index (Phi) is 9.42. The van der Waals surface area contributed by atoms with Crippen LogP contribution in [0, 0.1) is 0 Å². The first-order valence-electron chi connectivity index (χ1n) is 8.95. The first kappa shape index (κ1) is 20.5. The number of rotatable bonds is 9. The first-order valence-corrected chi connectivity index (χ1v) is 8.95. The highest BCUT2D eigenvalue weighted by molar-refractivity contribution is 5.79. The van der Waals surface area contributed by atoms with E-state index in [1.54, 1.807) is 0 Å². The predicted molar refractivity (Wildman–Crippen MR) is 102 cm³/mol. The van der Waals surface area contributed by atoms with Crippen molar-refractivity contribution in [1.82, 2.24) is 15.5 Å².